The van der Waals surface area contributed by atoms with Gasteiger partial charge in [0.25, 0.3) is 5.91 Å². The molecule has 7 atom stereocenters. The molecule has 2 saturated carbocycles. The number of anilines is 2. The van der Waals surface area contributed by atoms with Crippen LogP contribution in [-0.4, -0.2) is 34.6 Å². The number of H-pyrrole nitrogens is 1. The van der Waals surface area contributed by atoms with Crippen LogP contribution >= 0.6 is 57.9 Å². The smallest absolute Gasteiger partial charge is 0.305 e. The van der Waals surface area contributed by atoms with E-state index in [0.29, 0.717) is 32.2 Å². The summed E-state index contributed by atoms with van der Waals surface area (Å²) in [5.41, 5.74) is 1.85. The Hall–Kier alpha value is -3.28. The first-order chi connectivity index (χ1) is 22.2. The Bertz CT molecular complexity index is 1960. The third-order valence-corrected chi connectivity index (χ3v) is 12.9. The van der Waals surface area contributed by atoms with Crippen LogP contribution in [0, 0.1) is 29.6 Å². The molecular formula is C33H24Cl3N3O5S2. The molecule has 2 bridgehead atoms. The van der Waals surface area contributed by atoms with Gasteiger partial charge in [0.2, 0.25) is 11.8 Å². The molecule has 0 spiro atoms. The highest BCUT2D eigenvalue weighted by Crippen LogP contribution is 2.69. The van der Waals surface area contributed by atoms with Gasteiger partial charge in [0.1, 0.15) is 5.75 Å². The number of carbonyl (C=O) groups is 3. The van der Waals surface area contributed by atoms with Crippen LogP contribution in [0.25, 0.3) is 0 Å². The zero-order valence-corrected chi connectivity index (χ0v) is 27.6. The predicted octanol–water partition coefficient (Wildman–Crippen LogP) is 7.09. The van der Waals surface area contributed by atoms with Crippen molar-refractivity contribution in [2.75, 3.05) is 16.8 Å². The second-order valence-electron chi connectivity index (χ2n) is 12.0. The molecule has 46 heavy (non-hydrogen) atoms. The molecule has 2 aliphatic carbocycles. The number of nitrogens with zero attached hydrogens (tertiary/aromatic N) is 1. The molecule has 8 rings (SSSR count). The van der Waals surface area contributed by atoms with Crippen molar-refractivity contribution in [2.45, 2.75) is 22.6 Å². The monoisotopic (exact) mass is 711 g/mol. The number of benzene rings is 3. The van der Waals surface area contributed by atoms with Crippen LogP contribution in [0.2, 0.25) is 15.1 Å². The Labute approximate surface area is 286 Å². The van der Waals surface area contributed by atoms with Crippen LogP contribution in [0.15, 0.2) is 76.6 Å². The van der Waals surface area contributed by atoms with Crippen molar-refractivity contribution < 1.29 is 19.1 Å². The number of ether oxygens (including phenoxy) is 1. The van der Waals surface area contributed by atoms with Crippen molar-refractivity contribution in [2.24, 2.45) is 29.6 Å². The van der Waals surface area contributed by atoms with Gasteiger partial charge in [-0.1, -0.05) is 46.1 Å². The first-order valence-corrected chi connectivity index (χ1v) is 17.5. The van der Waals surface area contributed by atoms with Crippen LogP contribution in [0.4, 0.5) is 11.4 Å². The predicted molar refractivity (Wildman–Crippen MR) is 179 cm³/mol. The summed E-state index contributed by atoms with van der Waals surface area (Å²) < 4.78 is 6.14. The van der Waals surface area contributed by atoms with Gasteiger partial charge < -0.3 is 15.0 Å². The molecule has 0 unspecified atom stereocenters. The minimum absolute atomic E-state index is 0.0176. The third-order valence-electron chi connectivity index (χ3n) is 9.60. The fourth-order valence-corrected chi connectivity index (χ4v) is 11.3. The largest absolute Gasteiger partial charge is 0.483 e. The van der Waals surface area contributed by atoms with E-state index >= 15 is 0 Å². The Morgan fingerprint density at radius 3 is 2.26 bits per heavy atom. The summed E-state index contributed by atoms with van der Waals surface area (Å²) in [7, 11) is 0. The molecule has 2 N–H and O–H groups in total. The molecule has 3 fully saturated rings. The molecule has 0 radical (unpaired) electrons. The van der Waals surface area contributed by atoms with E-state index in [1.165, 1.54) is 4.90 Å². The molecule has 1 aromatic heterocycles. The molecule has 234 valence electrons. The maximum absolute atomic E-state index is 14.0. The van der Waals surface area contributed by atoms with Gasteiger partial charge in [0.15, 0.2) is 6.61 Å². The van der Waals surface area contributed by atoms with Gasteiger partial charge >= 0.3 is 4.87 Å². The summed E-state index contributed by atoms with van der Waals surface area (Å²) in [4.78, 5) is 58.5. The van der Waals surface area contributed by atoms with Crippen LogP contribution in [0.5, 0.6) is 5.75 Å². The van der Waals surface area contributed by atoms with Gasteiger partial charge in [-0.3, -0.25) is 24.1 Å². The van der Waals surface area contributed by atoms with Crippen molar-refractivity contribution in [1.82, 2.24) is 4.98 Å². The number of carbonyl (C=O) groups excluding carboxylic acids is 3. The molecule has 4 aliphatic rings. The lowest BCUT2D eigenvalue weighted by atomic mass is 9.68. The van der Waals surface area contributed by atoms with Gasteiger partial charge in [-0.05, 0) is 90.9 Å². The van der Waals surface area contributed by atoms with Crippen LogP contribution < -0.4 is 19.8 Å². The molecule has 13 heteroatoms. The Kier molecular flexibility index (Phi) is 7.49. The average Bonchev–Trinajstić information content (AvgIpc) is 3.77. The molecule has 3 aromatic carbocycles. The number of thiazole rings is 1. The summed E-state index contributed by atoms with van der Waals surface area (Å²) in [5, 5.41) is 5.12. The fourth-order valence-electron chi connectivity index (χ4n) is 7.98. The summed E-state index contributed by atoms with van der Waals surface area (Å²) >= 11 is 21.4. The highest BCUT2D eigenvalue weighted by molar-refractivity contribution is 8.00. The minimum atomic E-state index is -0.469. The number of amides is 3. The van der Waals surface area contributed by atoms with E-state index < -0.39 is 11.8 Å². The van der Waals surface area contributed by atoms with Crippen molar-refractivity contribution in [3.8, 4) is 5.75 Å². The van der Waals surface area contributed by atoms with Gasteiger partial charge in [-0.15, -0.1) is 11.8 Å². The van der Waals surface area contributed by atoms with E-state index in [0.717, 1.165) is 33.2 Å². The summed E-state index contributed by atoms with van der Waals surface area (Å²) in [6, 6.07) is 18.8. The Morgan fingerprint density at radius 1 is 0.891 bits per heavy atom. The molecular weight excluding hydrogens is 689 g/mol. The van der Waals surface area contributed by atoms with Crippen LogP contribution in [0.3, 0.4) is 0 Å². The summed E-state index contributed by atoms with van der Waals surface area (Å²) in [6.45, 7) is -0.261. The molecule has 4 aromatic rings. The molecule has 8 nitrogen and oxygen atoms in total. The van der Waals surface area contributed by atoms with Crippen molar-refractivity contribution in [3.63, 3.8) is 0 Å². The SMILES string of the molecule is O=C(COc1ccc(Cl)cc1[C@@H]1c2sc(=O)[nH]c2S[C@@H]2[C@@H]3C[C@@H]([C@@H]4C(=O)N(c5ccc(Cl)cc5)C(=O)[C@@H]34)[C@H]12)Nc1ccc(Cl)cc1. The maximum atomic E-state index is 14.0. The average molecular weight is 713 g/mol. The molecule has 2 aliphatic heterocycles. The summed E-state index contributed by atoms with van der Waals surface area (Å²) in [6.07, 6.45) is 0.736. The van der Waals surface area contributed by atoms with E-state index in [-0.39, 0.29) is 58.1 Å². The van der Waals surface area contributed by atoms with Gasteiger partial charge in [-0.2, -0.15) is 0 Å². The number of thioether (sulfide) groups is 1. The quantitative estimate of drug-likeness (QED) is 0.207. The number of aromatic amines is 1. The zero-order valence-electron chi connectivity index (χ0n) is 23.7. The lowest BCUT2D eigenvalue weighted by Crippen LogP contribution is -2.42. The first kappa shape index (κ1) is 30.1. The maximum Gasteiger partial charge on any atom is 0.305 e. The van der Waals surface area contributed by atoms with Crippen molar-refractivity contribution in [3.05, 3.63) is 102 Å². The van der Waals surface area contributed by atoms with E-state index in [1.54, 1.807) is 72.4 Å². The molecule has 3 heterocycles. The topological polar surface area (TPSA) is 109 Å². The van der Waals surface area contributed by atoms with Gasteiger partial charge in [-0.25, -0.2) is 0 Å². The standard InChI is InChI=1S/C33H24Cl3N3O5S2/c34-14-1-6-17(7-2-14)37-23(40)13-44-22-10-5-16(36)11-19(22)24-25-20-12-21(28(25)45-30-29(24)46-33(43)38-30)27-26(20)31(41)39(32(27)42)18-8-3-15(35)4-9-18/h1-11,20-21,24-28H,12-13H2,(H,37,40)(H,38,43)/t20-,21-,24+,25-,26+,27+,28-/m1/s1. The lowest BCUT2D eigenvalue weighted by Gasteiger charge is -2.43. The van der Waals surface area contributed by atoms with Gasteiger partial charge in [0, 0.05) is 42.4 Å². The number of imide groups is 1. The van der Waals surface area contributed by atoms with Crippen molar-refractivity contribution in [1.29, 1.82) is 0 Å². The zero-order chi connectivity index (χ0) is 31.9. The number of hydrogen-bond donors (Lipinski definition) is 2. The number of hydrogen-bond acceptors (Lipinski definition) is 7. The fraction of sp³-hybridized carbons (Fsp3) is 0.273. The van der Waals surface area contributed by atoms with Crippen molar-refractivity contribution >= 4 is 87.0 Å². The number of rotatable bonds is 6. The Morgan fingerprint density at radius 2 is 1.54 bits per heavy atom. The number of aromatic nitrogens is 1. The van der Waals surface area contributed by atoms with Crippen LogP contribution in [0.1, 0.15) is 22.8 Å². The highest BCUT2D eigenvalue weighted by Gasteiger charge is 2.69. The second-order valence-corrected chi connectivity index (χ2v) is 15.5. The van der Waals surface area contributed by atoms with Crippen LogP contribution in [-0.2, 0) is 14.4 Å². The van der Waals surface area contributed by atoms with E-state index in [9.17, 15) is 19.2 Å². The van der Waals surface area contributed by atoms with E-state index in [2.05, 4.69) is 10.3 Å². The van der Waals surface area contributed by atoms with E-state index in [4.69, 9.17) is 39.5 Å². The second kappa shape index (κ2) is 11.5. The first-order valence-electron chi connectivity index (χ1n) is 14.7. The van der Waals surface area contributed by atoms with Gasteiger partial charge in [0.05, 0.1) is 22.5 Å². The molecule has 3 amide bonds. The summed E-state index contributed by atoms with van der Waals surface area (Å²) in [5.74, 6) is -1.71. The lowest BCUT2D eigenvalue weighted by molar-refractivity contribution is -0.123. The number of fused-ring (bicyclic) bond motifs is 9. The molecule has 1 saturated heterocycles. The third kappa shape index (κ3) is 4.88. The number of nitrogens with one attached hydrogen (secondary N) is 2. The normalized spacial score (nSPS) is 27.4. The Balaban J connectivity index is 1.14. The number of halogens is 3. The minimum Gasteiger partial charge on any atom is -0.483 e. The van der Waals surface area contributed by atoms with E-state index in [1.807, 2.05) is 6.07 Å². The highest BCUT2D eigenvalue weighted by atomic mass is 35.5.